The second kappa shape index (κ2) is 5.75. The first-order valence-electron chi connectivity index (χ1n) is 6.46. The number of hydrogen-bond donors (Lipinski definition) is 1. The Hall–Kier alpha value is -2.34. The molecule has 6 nitrogen and oxygen atoms in total. The minimum absolute atomic E-state index is 0.280. The van der Waals surface area contributed by atoms with Gasteiger partial charge < -0.3 is 19.4 Å². The summed E-state index contributed by atoms with van der Waals surface area (Å²) in [6.07, 6.45) is 3.11. The van der Waals surface area contributed by atoms with E-state index >= 15 is 0 Å². The molecule has 0 bridgehead atoms. The van der Waals surface area contributed by atoms with Gasteiger partial charge in [0.15, 0.2) is 5.76 Å². The number of furan rings is 1. The minimum Gasteiger partial charge on any atom is -0.459 e. The third-order valence-electron chi connectivity index (χ3n) is 3.09. The van der Waals surface area contributed by atoms with E-state index in [0.29, 0.717) is 5.69 Å². The molecule has 0 aliphatic carbocycles. The van der Waals surface area contributed by atoms with Gasteiger partial charge in [-0.1, -0.05) is 0 Å². The molecule has 1 amide bonds. The van der Waals surface area contributed by atoms with E-state index in [1.54, 1.807) is 18.3 Å². The Morgan fingerprint density at radius 3 is 2.75 bits per heavy atom. The Labute approximate surface area is 116 Å². The van der Waals surface area contributed by atoms with Gasteiger partial charge in [-0.05, 0) is 24.3 Å². The van der Waals surface area contributed by atoms with Crippen molar-refractivity contribution in [3.63, 3.8) is 0 Å². The summed E-state index contributed by atoms with van der Waals surface area (Å²) in [4.78, 5) is 18.3. The molecular formula is C14H15N3O3. The van der Waals surface area contributed by atoms with Crippen molar-refractivity contribution in [2.24, 2.45) is 0 Å². The summed E-state index contributed by atoms with van der Waals surface area (Å²) < 4.78 is 10.3. The highest BCUT2D eigenvalue weighted by Gasteiger charge is 2.13. The van der Waals surface area contributed by atoms with Gasteiger partial charge in [-0.2, -0.15) is 0 Å². The summed E-state index contributed by atoms with van der Waals surface area (Å²) in [7, 11) is 0. The van der Waals surface area contributed by atoms with Crippen molar-refractivity contribution in [2.45, 2.75) is 0 Å². The molecule has 20 heavy (non-hydrogen) atoms. The summed E-state index contributed by atoms with van der Waals surface area (Å²) >= 11 is 0. The van der Waals surface area contributed by atoms with E-state index in [0.717, 1.165) is 32.1 Å². The molecular weight excluding hydrogens is 258 g/mol. The predicted octanol–water partition coefficient (Wildman–Crippen LogP) is 1.76. The largest absolute Gasteiger partial charge is 0.459 e. The van der Waals surface area contributed by atoms with Crippen molar-refractivity contribution in [1.29, 1.82) is 0 Å². The molecule has 3 heterocycles. The fourth-order valence-corrected chi connectivity index (χ4v) is 2.04. The Balaban J connectivity index is 1.65. The maximum Gasteiger partial charge on any atom is 0.291 e. The van der Waals surface area contributed by atoms with Gasteiger partial charge in [-0.15, -0.1) is 0 Å². The fourth-order valence-electron chi connectivity index (χ4n) is 2.04. The Morgan fingerprint density at radius 1 is 1.25 bits per heavy atom. The maximum atomic E-state index is 11.8. The number of ether oxygens (including phenoxy) is 1. The van der Waals surface area contributed by atoms with Crippen LogP contribution in [0.1, 0.15) is 10.6 Å². The van der Waals surface area contributed by atoms with Gasteiger partial charge in [0.1, 0.15) is 5.82 Å². The first-order chi connectivity index (χ1) is 9.83. The van der Waals surface area contributed by atoms with E-state index in [4.69, 9.17) is 9.15 Å². The van der Waals surface area contributed by atoms with Gasteiger partial charge in [0.05, 0.1) is 31.4 Å². The van der Waals surface area contributed by atoms with E-state index < -0.39 is 0 Å². The van der Waals surface area contributed by atoms with Crippen LogP contribution in [0.25, 0.3) is 0 Å². The molecule has 3 rings (SSSR count). The lowest BCUT2D eigenvalue weighted by molar-refractivity contribution is 0.0996. The number of carbonyl (C=O) groups is 1. The average molecular weight is 273 g/mol. The van der Waals surface area contributed by atoms with Crippen LogP contribution < -0.4 is 10.2 Å². The van der Waals surface area contributed by atoms with Crippen LogP contribution in [0.2, 0.25) is 0 Å². The standard InChI is InChI=1S/C14H15N3O3/c18-14(12-2-1-7-20-12)16-11-3-4-13(15-10-11)17-5-8-19-9-6-17/h1-4,7,10H,5-6,8-9H2,(H,16,18). The van der Waals surface area contributed by atoms with Crippen LogP contribution in [0.3, 0.4) is 0 Å². The summed E-state index contributed by atoms with van der Waals surface area (Å²) in [5.74, 6) is 0.891. The molecule has 1 N–H and O–H groups in total. The van der Waals surface area contributed by atoms with Crippen molar-refractivity contribution in [1.82, 2.24) is 4.98 Å². The van der Waals surface area contributed by atoms with Gasteiger partial charge in [0.25, 0.3) is 5.91 Å². The van der Waals surface area contributed by atoms with Crippen LogP contribution in [0.5, 0.6) is 0 Å². The van der Waals surface area contributed by atoms with E-state index in [2.05, 4.69) is 15.2 Å². The van der Waals surface area contributed by atoms with Gasteiger partial charge in [0.2, 0.25) is 0 Å². The van der Waals surface area contributed by atoms with Crippen molar-refractivity contribution in [2.75, 3.05) is 36.5 Å². The topological polar surface area (TPSA) is 67.6 Å². The Morgan fingerprint density at radius 2 is 2.10 bits per heavy atom. The van der Waals surface area contributed by atoms with Crippen LogP contribution in [0.4, 0.5) is 11.5 Å². The number of amides is 1. The molecule has 0 atom stereocenters. The van der Waals surface area contributed by atoms with Crippen LogP contribution in [-0.2, 0) is 4.74 Å². The maximum absolute atomic E-state index is 11.8. The summed E-state index contributed by atoms with van der Waals surface area (Å²) in [6, 6.07) is 7.02. The molecule has 0 radical (unpaired) electrons. The van der Waals surface area contributed by atoms with E-state index in [1.807, 2.05) is 12.1 Å². The number of anilines is 2. The monoisotopic (exact) mass is 273 g/mol. The van der Waals surface area contributed by atoms with Crippen molar-refractivity contribution in [3.05, 3.63) is 42.5 Å². The van der Waals surface area contributed by atoms with Gasteiger partial charge in [0, 0.05) is 13.1 Å². The molecule has 2 aromatic heterocycles. The second-order valence-electron chi connectivity index (χ2n) is 4.44. The number of rotatable bonds is 3. The lowest BCUT2D eigenvalue weighted by atomic mass is 10.3. The van der Waals surface area contributed by atoms with Crippen LogP contribution in [-0.4, -0.2) is 37.2 Å². The number of morpholine rings is 1. The van der Waals surface area contributed by atoms with Gasteiger partial charge >= 0.3 is 0 Å². The zero-order valence-electron chi connectivity index (χ0n) is 10.9. The zero-order chi connectivity index (χ0) is 13.8. The van der Waals surface area contributed by atoms with E-state index in [-0.39, 0.29) is 11.7 Å². The molecule has 0 aromatic carbocycles. The highest BCUT2D eigenvalue weighted by Crippen LogP contribution is 2.16. The number of nitrogens with one attached hydrogen (secondary N) is 1. The van der Waals surface area contributed by atoms with E-state index in [9.17, 15) is 4.79 Å². The van der Waals surface area contributed by atoms with E-state index in [1.165, 1.54) is 6.26 Å². The lowest BCUT2D eigenvalue weighted by Gasteiger charge is -2.27. The number of pyridine rings is 1. The van der Waals surface area contributed by atoms with Crippen LogP contribution >= 0.6 is 0 Å². The fraction of sp³-hybridized carbons (Fsp3) is 0.286. The molecule has 1 aliphatic heterocycles. The Kier molecular flexibility index (Phi) is 3.64. The molecule has 0 saturated carbocycles. The molecule has 0 unspecified atom stereocenters. The van der Waals surface area contributed by atoms with Crippen molar-refractivity contribution < 1.29 is 13.9 Å². The average Bonchev–Trinajstić information content (AvgIpc) is 3.03. The first-order valence-corrected chi connectivity index (χ1v) is 6.46. The van der Waals surface area contributed by atoms with Gasteiger partial charge in [-0.25, -0.2) is 4.98 Å². The number of hydrogen-bond acceptors (Lipinski definition) is 5. The molecule has 6 heteroatoms. The second-order valence-corrected chi connectivity index (χ2v) is 4.44. The van der Waals surface area contributed by atoms with Gasteiger partial charge in [-0.3, -0.25) is 4.79 Å². The third kappa shape index (κ3) is 2.80. The molecule has 1 saturated heterocycles. The SMILES string of the molecule is O=C(Nc1ccc(N2CCOCC2)nc1)c1ccco1. The molecule has 104 valence electrons. The zero-order valence-corrected chi connectivity index (χ0v) is 10.9. The minimum atomic E-state index is -0.282. The smallest absolute Gasteiger partial charge is 0.291 e. The van der Waals surface area contributed by atoms with Crippen LogP contribution in [0.15, 0.2) is 41.1 Å². The summed E-state index contributed by atoms with van der Waals surface area (Å²) in [6.45, 7) is 3.12. The normalized spacial score (nSPS) is 15.1. The Bertz CT molecular complexity index is 560. The van der Waals surface area contributed by atoms with Crippen molar-refractivity contribution >= 4 is 17.4 Å². The molecule has 2 aromatic rings. The lowest BCUT2D eigenvalue weighted by Crippen LogP contribution is -2.36. The summed E-state index contributed by atoms with van der Waals surface area (Å²) in [5, 5.41) is 2.74. The number of aromatic nitrogens is 1. The predicted molar refractivity (Wildman–Crippen MR) is 73.9 cm³/mol. The van der Waals surface area contributed by atoms with Crippen molar-refractivity contribution in [3.8, 4) is 0 Å². The molecule has 1 fully saturated rings. The summed E-state index contributed by atoms with van der Waals surface area (Å²) in [5.41, 5.74) is 0.642. The highest BCUT2D eigenvalue weighted by molar-refractivity contribution is 6.02. The quantitative estimate of drug-likeness (QED) is 0.923. The van der Waals surface area contributed by atoms with Crippen LogP contribution in [0, 0.1) is 0 Å². The first kappa shape index (κ1) is 12.7. The third-order valence-corrected chi connectivity index (χ3v) is 3.09. The molecule has 1 aliphatic rings. The number of nitrogens with zero attached hydrogens (tertiary/aromatic N) is 2. The highest BCUT2D eigenvalue weighted by atomic mass is 16.5. The number of carbonyl (C=O) groups excluding carboxylic acids is 1. The molecule has 0 spiro atoms.